The summed E-state index contributed by atoms with van der Waals surface area (Å²) in [5, 5.41) is 0. The Bertz CT molecular complexity index is 398. The Labute approximate surface area is 116 Å². The molecule has 0 aliphatic heterocycles. The van der Waals surface area contributed by atoms with Crippen molar-refractivity contribution in [3.63, 3.8) is 0 Å². The molecule has 0 radical (unpaired) electrons. The fourth-order valence-electron chi connectivity index (χ4n) is 1.62. The number of likely N-dealkylation sites (N-methyl/N-ethyl adjacent to an activating group) is 2. The van der Waals surface area contributed by atoms with Gasteiger partial charge in [-0.25, -0.2) is 0 Å². The first-order valence-corrected chi connectivity index (χ1v) is 6.67. The molecule has 0 fully saturated rings. The van der Waals surface area contributed by atoms with Gasteiger partial charge in [-0.05, 0) is 32.8 Å². The Morgan fingerprint density at radius 2 is 1.74 bits per heavy atom. The second-order valence-corrected chi connectivity index (χ2v) is 5.07. The van der Waals surface area contributed by atoms with Crippen LogP contribution in [0.15, 0.2) is 36.4 Å². The maximum absolute atomic E-state index is 11.7. The smallest absolute Gasteiger partial charge is 0.156 e. The molecule has 0 bridgehead atoms. The number of hydrogen-bond acceptors (Lipinski definition) is 3. The lowest BCUT2D eigenvalue weighted by Crippen LogP contribution is -2.30. The Morgan fingerprint density at radius 3 is 2.37 bits per heavy atom. The maximum Gasteiger partial charge on any atom is 0.156 e. The van der Waals surface area contributed by atoms with Gasteiger partial charge in [-0.15, -0.1) is 0 Å². The molecule has 0 atom stereocenters. The van der Waals surface area contributed by atoms with Gasteiger partial charge in [-0.2, -0.15) is 0 Å². The molecule has 0 saturated heterocycles. The maximum atomic E-state index is 11.7. The SMILES string of the molecule is CN(C)CCN(C)CCC(=O)/C=C\c1ccccc1. The number of benzene rings is 1. The highest BCUT2D eigenvalue weighted by Crippen LogP contribution is 2.01. The highest BCUT2D eigenvalue weighted by molar-refractivity contribution is 5.93. The molecule has 3 nitrogen and oxygen atoms in total. The zero-order valence-electron chi connectivity index (χ0n) is 12.2. The second-order valence-electron chi connectivity index (χ2n) is 5.07. The van der Waals surface area contributed by atoms with Gasteiger partial charge in [-0.3, -0.25) is 4.79 Å². The van der Waals surface area contributed by atoms with Gasteiger partial charge in [0.05, 0.1) is 0 Å². The van der Waals surface area contributed by atoms with E-state index in [2.05, 4.69) is 30.9 Å². The number of carbonyl (C=O) groups excluding carboxylic acids is 1. The lowest BCUT2D eigenvalue weighted by Gasteiger charge is -2.18. The van der Waals surface area contributed by atoms with Crippen LogP contribution in [0.3, 0.4) is 0 Å². The van der Waals surface area contributed by atoms with Crippen LogP contribution < -0.4 is 0 Å². The predicted molar refractivity (Wildman–Crippen MR) is 81.2 cm³/mol. The highest BCUT2D eigenvalue weighted by Gasteiger charge is 2.02. The predicted octanol–water partition coefficient (Wildman–Crippen LogP) is 2.15. The van der Waals surface area contributed by atoms with Gasteiger partial charge >= 0.3 is 0 Å². The first-order chi connectivity index (χ1) is 9.08. The van der Waals surface area contributed by atoms with E-state index in [9.17, 15) is 4.79 Å². The number of hydrogen-bond donors (Lipinski definition) is 0. The lowest BCUT2D eigenvalue weighted by molar-refractivity contribution is -0.114. The van der Waals surface area contributed by atoms with Crippen molar-refractivity contribution in [2.45, 2.75) is 6.42 Å². The van der Waals surface area contributed by atoms with E-state index in [1.54, 1.807) is 6.08 Å². The molecular formula is C16H24N2O. The van der Waals surface area contributed by atoms with Crippen LogP contribution >= 0.6 is 0 Å². The molecule has 0 spiro atoms. The zero-order valence-corrected chi connectivity index (χ0v) is 12.2. The third-order valence-electron chi connectivity index (χ3n) is 2.93. The van der Waals surface area contributed by atoms with Crippen LogP contribution in [0.4, 0.5) is 0 Å². The van der Waals surface area contributed by atoms with Crippen LogP contribution in [0.2, 0.25) is 0 Å². The average molecular weight is 260 g/mol. The van der Waals surface area contributed by atoms with Gasteiger partial charge in [0.1, 0.15) is 0 Å². The quantitative estimate of drug-likeness (QED) is 0.669. The molecule has 19 heavy (non-hydrogen) atoms. The Morgan fingerprint density at radius 1 is 1.05 bits per heavy atom. The van der Waals surface area contributed by atoms with E-state index in [0.29, 0.717) is 6.42 Å². The van der Waals surface area contributed by atoms with Crippen molar-refractivity contribution in [2.24, 2.45) is 0 Å². The average Bonchev–Trinajstić information content (AvgIpc) is 2.41. The molecule has 0 unspecified atom stereocenters. The summed E-state index contributed by atoms with van der Waals surface area (Å²) in [4.78, 5) is 16.1. The van der Waals surface area contributed by atoms with E-state index in [1.165, 1.54) is 0 Å². The Hall–Kier alpha value is -1.45. The number of carbonyl (C=O) groups is 1. The van der Waals surface area contributed by atoms with Crippen molar-refractivity contribution in [2.75, 3.05) is 40.8 Å². The van der Waals surface area contributed by atoms with E-state index in [4.69, 9.17) is 0 Å². The monoisotopic (exact) mass is 260 g/mol. The van der Waals surface area contributed by atoms with E-state index in [1.807, 2.05) is 36.4 Å². The molecule has 1 rings (SSSR count). The van der Waals surface area contributed by atoms with Crippen LogP contribution in [0.1, 0.15) is 12.0 Å². The molecule has 0 saturated carbocycles. The summed E-state index contributed by atoms with van der Waals surface area (Å²) in [7, 11) is 6.17. The molecule has 3 heteroatoms. The fraction of sp³-hybridized carbons (Fsp3) is 0.438. The molecule has 1 aromatic carbocycles. The van der Waals surface area contributed by atoms with E-state index < -0.39 is 0 Å². The summed E-state index contributed by atoms with van der Waals surface area (Å²) in [6, 6.07) is 9.90. The minimum atomic E-state index is 0.181. The van der Waals surface area contributed by atoms with Crippen molar-refractivity contribution in [1.29, 1.82) is 0 Å². The van der Waals surface area contributed by atoms with Crippen LogP contribution in [0.25, 0.3) is 6.08 Å². The standard InChI is InChI=1S/C16H24N2O/c1-17(2)13-14-18(3)12-11-16(19)10-9-15-7-5-4-6-8-15/h4-10H,11-14H2,1-3H3/b10-9-. The van der Waals surface area contributed by atoms with E-state index in [-0.39, 0.29) is 5.78 Å². The fourth-order valence-corrected chi connectivity index (χ4v) is 1.62. The first-order valence-electron chi connectivity index (χ1n) is 6.67. The summed E-state index contributed by atoms with van der Waals surface area (Å²) in [6.45, 7) is 2.82. The molecule has 104 valence electrons. The molecule has 0 aliphatic carbocycles. The van der Waals surface area contributed by atoms with Crippen LogP contribution in [-0.4, -0.2) is 56.4 Å². The van der Waals surface area contributed by atoms with Crippen molar-refractivity contribution in [1.82, 2.24) is 9.80 Å². The Balaban J connectivity index is 2.26. The van der Waals surface area contributed by atoms with Crippen molar-refractivity contribution in [3.05, 3.63) is 42.0 Å². The largest absolute Gasteiger partial charge is 0.308 e. The van der Waals surface area contributed by atoms with Gasteiger partial charge in [0.25, 0.3) is 0 Å². The summed E-state index contributed by atoms with van der Waals surface area (Å²) in [5.41, 5.74) is 1.07. The minimum Gasteiger partial charge on any atom is -0.308 e. The number of rotatable bonds is 8. The molecule has 0 amide bonds. The molecule has 0 aliphatic rings. The van der Waals surface area contributed by atoms with Gasteiger partial charge in [-0.1, -0.05) is 36.4 Å². The van der Waals surface area contributed by atoms with Gasteiger partial charge in [0.2, 0.25) is 0 Å². The Kier molecular flexibility index (Phi) is 7.08. The molecule has 0 N–H and O–H groups in total. The normalized spacial score (nSPS) is 11.6. The third-order valence-corrected chi connectivity index (χ3v) is 2.93. The van der Waals surface area contributed by atoms with E-state index >= 15 is 0 Å². The van der Waals surface area contributed by atoms with Crippen LogP contribution in [0, 0.1) is 0 Å². The summed E-state index contributed by atoms with van der Waals surface area (Å²) >= 11 is 0. The number of nitrogens with zero attached hydrogens (tertiary/aromatic N) is 2. The summed E-state index contributed by atoms with van der Waals surface area (Å²) in [5.74, 6) is 0.181. The minimum absolute atomic E-state index is 0.181. The van der Waals surface area contributed by atoms with E-state index in [0.717, 1.165) is 25.2 Å². The topological polar surface area (TPSA) is 23.6 Å². The van der Waals surface area contributed by atoms with Crippen LogP contribution in [0.5, 0.6) is 0 Å². The summed E-state index contributed by atoms with van der Waals surface area (Å²) in [6.07, 6.45) is 4.13. The van der Waals surface area contributed by atoms with Gasteiger partial charge < -0.3 is 9.80 Å². The van der Waals surface area contributed by atoms with Gasteiger partial charge in [0.15, 0.2) is 5.78 Å². The van der Waals surface area contributed by atoms with Gasteiger partial charge in [0, 0.05) is 26.1 Å². The molecule has 0 aromatic heterocycles. The molecule has 1 aromatic rings. The van der Waals surface area contributed by atoms with Crippen LogP contribution in [-0.2, 0) is 4.79 Å². The molecular weight excluding hydrogens is 236 g/mol. The van der Waals surface area contributed by atoms with Crippen molar-refractivity contribution < 1.29 is 4.79 Å². The highest BCUT2D eigenvalue weighted by atomic mass is 16.1. The second kappa shape index (κ2) is 8.62. The first kappa shape index (κ1) is 15.6. The summed E-state index contributed by atoms with van der Waals surface area (Å²) < 4.78 is 0. The van der Waals surface area contributed by atoms with Crippen molar-refractivity contribution in [3.8, 4) is 0 Å². The van der Waals surface area contributed by atoms with Crippen molar-refractivity contribution >= 4 is 11.9 Å². The number of allylic oxidation sites excluding steroid dienone is 1. The third kappa shape index (κ3) is 7.54. The molecule has 0 heterocycles. The number of ketones is 1. The lowest BCUT2D eigenvalue weighted by atomic mass is 10.2. The zero-order chi connectivity index (χ0) is 14.1.